The molecule has 0 unspecified atom stereocenters. The summed E-state index contributed by atoms with van der Waals surface area (Å²) in [5, 5.41) is 2.42. The molecule has 0 bridgehead atoms. The van der Waals surface area contributed by atoms with Crippen molar-refractivity contribution >= 4 is 29.0 Å². The van der Waals surface area contributed by atoms with Crippen LogP contribution in [0.25, 0.3) is 0 Å². The van der Waals surface area contributed by atoms with Crippen LogP contribution < -0.4 is 15.1 Å². The van der Waals surface area contributed by atoms with E-state index in [4.69, 9.17) is 4.74 Å². The van der Waals surface area contributed by atoms with Crippen LogP contribution >= 0.6 is 0 Å². The molecule has 7 heteroatoms. The number of anilines is 2. The Labute approximate surface area is 184 Å². The van der Waals surface area contributed by atoms with E-state index in [2.05, 4.69) is 33.3 Å². The molecule has 4 atom stereocenters. The van der Waals surface area contributed by atoms with Crippen LogP contribution in [0.3, 0.4) is 0 Å². The molecule has 1 aromatic carbocycles. The summed E-state index contributed by atoms with van der Waals surface area (Å²) < 4.78 is 6.08. The zero-order chi connectivity index (χ0) is 22.3. The fourth-order valence-electron chi connectivity index (χ4n) is 5.77. The number of ketones is 1. The molecular weight excluding hydrogens is 394 g/mol. The van der Waals surface area contributed by atoms with E-state index in [0.717, 1.165) is 30.0 Å². The summed E-state index contributed by atoms with van der Waals surface area (Å²) in [5.74, 6) is -1.22. The van der Waals surface area contributed by atoms with E-state index in [1.54, 1.807) is 0 Å². The van der Waals surface area contributed by atoms with Crippen molar-refractivity contribution in [1.29, 1.82) is 0 Å². The normalized spacial score (nSPS) is 30.3. The molecule has 2 amide bonds. The first-order chi connectivity index (χ1) is 14.7. The molecule has 2 saturated heterocycles. The van der Waals surface area contributed by atoms with Crippen molar-refractivity contribution in [2.24, 2.45) is 5.41 Å². The maximum Gasteiger partial charge on any atom is 0.242 e. The van der Waals surface area contributed by atoms with Crippen molar-refractivity contribution in [3.8, 4) is 0 Å². The SMILES string of the molecule is CC(=O)NC(=O)[C@]1(C(C)=O)Cc2cc(N3CCCCC3)ccc2N2C[C@@H](C)O[C@@H](C)[C@@H]21. The second-order valence-corrected chi connectivity index (χ2v) is 9.32. The number of amides is 2. The zero-order valence-corrected chi connectivity index (χ0v) is 18.9. The number of fused-ring (bicyclic) bond motifs is 3. The number of benzene rings is 1. The maximum atomic E-state index is 13.4. The Morgan fingerprint density at radius 1 is 1.10 bits per heavy atom. The molecule has 0 radical (unpaired) electrons. The summed E-state index contributed by atoms with van der Waals surface area (Å²) in [7, 11) is 0. The minimum Gasteiger partial charge on any atom is -0.372 e. The molecule has 0 saturated carbocycles. The number of ether oxygens (including phenoxy) is 1. The van der Waals surface area contributed by atoms with E-state index < -0.39 is 23.3 Å². The first-order valence-corrected chi connectivity index (χ1v) is 11.4. The van der Waals surface area contributed by atoms with Gasteiger partial charge in [0.1, 0.15) is 11.2 Å². The Morgan fingerprint density at radius 2 is 1.81 bits per heavy atom. The van der Waals surface area contributed by atoms with Crippen LogP contribution in [0.15, 0.2) is 18.2 Å². The van der Waals surface area contributed by atoms with E-state index in [1.807, 2.05) is 13.8 Å². The van der Waals surface area contributed by atoms with Crippen molar-refractivity contribution in [2.45, 2.75) is 71.6 Å². The number of nitrogens with zero attached hydrogens (tertiary/aromatic N) is 2. The Bertz CT molecular complexity index is 895. The second kappa shape index (κ2) is 8.26. The standard InChI is InChI=1S/C24H33N3O4/c1-15-14-27-21-9-8-20(26-10-6-5-7-11-26)12-19(21)13-24(17(3)28,22(27)16(2)31-15)23(30)25-18(4)29/h8-9,12,15-16,22H,5-7,10-11,13-14H2,1-4H3,(H,25,29,30)/t15-,16+,22-,24+/m1/s1. The van der Waals surface area contributed by atoms with Gasteiger partial charge in [-0.25, -0.2) is 0 Å². The van der Waals surface area contributed by atoms with Gasteiger partial charge in [0.2, 0.25) is 11.8 Å². The monoisotopic (exact) mass is 427 g/mol. The molecule has 0 aromatic heterocycles. The van der Waals surface area contributed by atoms with Crippen molar-refractivity contribution in [2.75, 3.05) is 29.4 Å². The Kier molecular flexibility index (Phi) is 5.81. The molecule has 4 rings (SSSR count). The van der Waals surface area contributed by atoms with Crippen LogP contribution in [0, 0.1) is 5.41 Å². The molecule has 7 nitrogen and oxygen atoms in total. The van der Waals surface area contributed by atoms with Crippen molar-refractivity contribution < 1.29 is 19.1 Å². The number of piperidine rings is 1. The third-order valence-corrected chi connectivity index (χ3v) is 7.07. The van der Waals surface area contributed by atoms with Crippen molar-refractivity contribution in [1.82, 2.24) is 5.32 Å². The lowest BCUT2D eigenvalue weighted by Crippen LogP contribution is -2.69. The number of carbonyl (C=O) groups is 3. The average molecular weight is 428 g/mol. The Hall–Kier alpha value is -2.41. The van der Waals surface area contributed by atoms with Crippen LogP contribution in [0.4, 0.5) is 11.4 Å². The van der Waals surface area contributed by atoms with Gasteiger partial charge in [0.25, 0.3) is 0 Å². The van der Waals surface area contributed by atoms with Crippen LogP contribution in [-0.4, -0.2) is 55.5 Å². The molecule has 3 heterocycles. The van der Waals surface area contributed by atoms with Crippen LogP contribution in [0.5, 0.6) is 0 Å². The predicted octanol–water partition coefficient (Wildman–Crippen LogP) is 2.45. The highest BCUT2D eigenvalue weighted by Crippen LogP contribution is 2.47. The summed E-state index contributed by atoms with van der Waals surface area (Å²) in [6, 6.07) is 5.96. The minimum absolute atomic E-state index is 0.0282. The molecule has 31 heavy (non-hydrogen) atoms. The summed E-state index contributed by atoms with van der Waals surface area (Å²) >= 11 is 0. The number of hydrogen-bond acceptors (Lipinski definition) is 6. The number of rotatable bonds is 3. The number of carbonyl (C=O) groups excluding carboxylic acids is 3. The smallest absolute Gasteiger partial charge is 0.242 e. The summed E-state index contributed by atoms with van der Waals surface area (Å²) in [6.45, 7) is 9.33. The molecule has 2 fully saturated rings. The Morgan fingerprint density at radius 3 is 2.45 bits per heavy atom. The molecule has 0 aliphatic carbocycles. The lowest BCUT2D eigenvalue weighted by atomic mass is 9.65. The fourth-order valence-corrected chi connectivity index (χ4v) is 5.77. The van der Waals surface area contributed by atoms with Gasteiger partial charge in [-0.05, 0) is 70.2 Å². The quantitative estimate of drug-likeness (QED) is 0.747. The van der Waals surface area contributed by atoms with E-state index in [-0.39, 0.29) is 24.4 Å². The van der Waals surface area contributed by atoms with Gasteiger partial charge in [-0.1, -0.05) is 0 Å². The van der Waals surface area contributed by atoms with Gasteiger partial charge in [-0.3, -0.25) is 19.7 Å². The summed E-state index contributed by atoms with van der Waals surface area (Å²) in [4.78, 5) is 42.9. The largest absolute Gasteiger partial charge is 0.372 e. The number of nitrogens with one attached hydrogen (secondary N) is 1. The van der Waals surface area contributed by atoms with Crippen molar-refractivity contribution in [3.63, 3.8) is 0 Å². The van der Waals surface area contributed by atoms with Gasteiger partial charge in [0, 0.05) is 37.9 Å². The highest BCUT2D eigenvalue weighted by Gasteiger charge is 2.59. The van der Waals surface area contributed by atoms with Gasteiger partial charge in [-0.15, -0.1) is 0 Å². The van der Waals surface area contributed by atoms with Crippen molar-refractivity contribution in [3.05, 3.63) is 23.8 Å². The number of imide groups is 1. The van der Waals surface area contributed by atoms with Gasteiger partial charge in [0.05, 0.1) is 18.2 Å². The van der Waals surface area contributed by atoms with Gasteiger partial charge < -0.3 is 14.5 Å². The van der Waals surface area contributed by atoms with Crippen LogP contribution in [-0.2, 0) is 25.5 Å². The first-order valence-electron chi connectivity index (χ1n) is 11.4. The highest BCUT2D eigenvalue weighted by atomic mass is 16.5. The maximum absolute atomic E-state index is 13.4. The predicted molar refractivity (Wildman–Crippen MR) is 119 cm³/mol. The minimum atomic E-state index is -1.38. The zero-order valence-electron chi connectivity index (χ0n) is 18.9. The number of Topliss-reactive ketones (excluding diaryl/α,β-unsaturated/α-hetero) is 1. The van der Waals surface area contributed by atoms with Gasteiger partial charge >= 0.3 is 0 Å². The third-order valence-electron chi connectivity index (χ3n) is 7.07. The molecule has 1 aromatic rings. The third kappa shape index (κ3) is 3.73. The molecule has 1 N–H and O–H groups in total. The number of morpholine rings is 1. The highest BCUT2D eigenvalue weighted by molar-refractivity contribution is 6.11. The molecule has 3 aliphatic rings. The van der Waals surface area contributed by atoms with E-state index >= 15 is 0 Å². The summed E-state index contributed by atoms with van der Waals surface area (Å²) in [6.07, 6.45) is 3.51. The van der Waals surface area contributed by atoms with Gasteiger partial charge in [0.15, 0.2) is 0 Å². The fraction of sp³-hybridized carbons (Fsp3) is 0.625. The molecule has 3 aliphatic heterocycles. The van der Waals surface area contributed by atoms with E-state index in [0.29, 0.717) is 6.54 Å². The lowest BCUT2D eigenvalue weighted by Gasteiger charge is -2.55. The van der Waals surface area contributed by atoms with E-state index in [1.165, 1.54) is 33.1 Å². The number of hydrogen-bond donors (Lipinski definition) is 1. The average Bonchev–Trinajstić information content (AvgIpc) is 2.72. The summed E-state index contributed by atoms with van der Waals surface area (Å²) in [5.41, 5.74) is 1.80. The Balaban J connectivity index is 1.83. The molecule has 0 spiro atoms. The van der Waals surface area contributed by atoms with Crippen LogP contribution in [0.2, 0.25) is 0 Å². The second-order valence-electron chi connectivity index (χ2n) is 9.32. The lowest BCUT2D eigenvalue weighted by molar-refractivity contribution is -0.151. The topological polar surface area (TPSA) is 79.0 Å². The van der Waals surface area contributed by atoms with Crippen LogP contribution in [0.1, 0.15) is 52.5 Å². The first kappa shape index (κ1) is 21.8. The van der Waals surface area contributed by atoms with Gasteiger partial charge in [-0.2, -0.15) is 0 Å². The molecular formula is C24H33N3O4. The van der Waals surface area contributed by atoms with E-state index in [9.17, 15) is 14.4 Å². The molecule has 168 valence electrons.